The second-order valence-electron chi connectivity index (χ2n) is 6.02. The number of benzene rings is 2. The predicted octanol–water partition coefficient (Wildman–Crippen LogP) is 4.74. The fourth-order valence-electron chi connectivity index (χ4n) is 2.80. The first-order chi connectivity index (χ1) is 12.0. The van der Waals surface area contributed by atoms with Crippen LogP contribution < -0.4 is 10.9 Å². The van der Waals surface area contributed by atoms with E-state index in [-0.39, 0.29) is 18.0 Å². The second kappa shape index (κ2) is 7.23. The van der Waals surface area contributed by atoms with Crippen LogP contribution in [0.1, 0.15) is 23.1 Å². The SMILES string of the molecule is Cc1ccc2c(C)c(CCC(=O)Nc3ccccc3Br)c(=O)oc2c1. The van der Waals surface area contributed by atoms with Crippen LogP contribution in [0.5, 0.6) is 0 Å². The van der Waals surface area contributed by atoms with Gasteiger partial charge in [0.15, 0.2) is 0 Å². The highest BCUT2D eigenvalue weighted by Gasteiger charge is 2.13. The fraction of sp³-hybridized carbons (Fsp3) is 0.200. The number of carbonyl (C=O) groups excluding carboxylic acids is 1. The van der Waals surface area contributed by atoms with Gasteiger partial charge < -0.3 is 9.73 Å². The highest BCUT2D eigenvalue weighted by molar-refractivity contribution is 9.10. The predicted molar refractivity (Wildman–Crippen MR) is 103 cm³/mol. The van der Waals surface area contributed by atoms with E-state index in [0.717, 1.165) is 21.0 Å². The van der Waals surface area contributed by atoms with Crippen molar-refractivity contribution in [2.75, 3.05) is 5.32 Å². The van der Waals surface area contributed by atoms with Gasteiger partial charge in [0.1, 0.15) is 5.58 Å². The lowest BCUT2D eigenvalue weighted by molar-refractivity contribution is -0.116. The van der Waals surface area contributed by atoms with E-state index in [1.165, 1.54) is 0 Å². The molecule has 0 saturated heterocycles. The number of hydrogen-bond acceptors (Lipinski definition) is 3. The first-order valence-electron chi connectivity index (χ1n) is 8.03. The van der Waals surface area contributed by atoms with Crippen molar-refractivity contribution in [1.82, 2.24) is 0 Å². The number of nitrogens with one attached hydrogen (secondary N) is 1. The van der Waals surface area contributed by atoms with Gasteiger partial charge >= 0.3 is 5.63 Å². The van der Waals surface area contributed by atoms with Crippen LogP contribution in [-0.2, 0) is 11.2 Å². The number of anilines is 1. The van der Waals surface area contributed by atoms with Gasteiger partial charge in [0, 0.05) is 21.8 Å². The van der Waals surface area contributed by atoms with Crippen molar-refractivity contribution in [2.45, 2.75) is 26.7 Å². The molecule has 3 aromatic rings. The maximum Gasteiger partial charge on any atom is 0.339 e. The van der Waals surface area contributed by atoms with E-state index in [2.05, 4.69) is 21.2 Å². The number of aryl methyl sites for hydroxylation is 2. The lowest BCUT2D eigenvalue weighted by Gasteiger charge is -2.09. The quantitative estimate of drug-likeness (QED) is 0.644. The van der Waals surface area contributed by atoms with E-state index in [0.29, 0.717) is 23.3 Å². The number of rotatable bonds is 4. The molecule has 2 aromatic carbocycles. The number of carbonyl (C=O) groups is 1. The molecule has 0 bridgehead atoms. The third-order valence-corrected chi connectivity index (χ3v) is 4.88. The zero-order valence-corrected chi connectivity index (χ0v) is 15.6. The topological polar surface area (TPSA) is 59.3 Å². The Labute approximate surface area is 154 Å². The summed E-state index contributed by atoms with van der Waals surface area (Å²) in [5, 5.41) is 3.75. The van der Waals surface area contributed by atoms with Crippen molar-refractivity contribution in [1.29, 1.82) is 0 Å². The molecule has 0 unspecified atom stereocenters. The molecular weight excluding hydrogens is 382 g/mol. The smallest absolute Gasteiger partial charge is 0.339 e. The fourth-order valence-corrected chi connectivity index (χ4v) is 3.19. The highest BCUT2D eigenvalue weighted by atomic mass is 79.9. The minimum Gasteiger partial charge on any atom is -0.423 e. The summed E-state index contributed by atoms with van der Waals surface area (Å²) in [6, 6.07) is 13.2. The number of halogens is 1. The average molecular weight is 400 g/mol. The van der Waals surface area contributed by atoms with Gasteiger partial charge in [-0.3, -0.25) is 4.79 Å². The van der Waals surface area contributed by atoms with Crippen molar-refractivity contribution >= 4 is 38.5 Å². The summed E-state index contributed by atoms with van der Waals surface area (Å²) in [6.07, 6.45) is 0.554. The molecule has 0 atom stereocenters. The van der Waals surface area contributed by atoms with Crippen LogP contribution in [-0.4, -0.2) is 5.91 Å². The first-order valence-corrected chi connectivity index (χ1v) is 8.82. The minimum absolute atomic E-state index is 0.144. The largest absolute Gasteiger partial charge is 0.423 e. The van der Waals surface area contributed by atoms with Crippen LogP contribution in [0.2, 0.25) is 0 Å². The van der Waals surface area contributed by atoms with Gasteiger partial charge in [-0.25, -0.2) is 4.79 Å². The Bertz CT molecular complexity index is 1010. The van der Waals surface area contributed by atoms with E-state index in [9.17, 15) is 9.59 Å². The molecule has 0 aliphatic carbocycles. The van der Waals surface area contributed by atoms with Gasteiger partial charge in [-0.15, -0.1) is 0 Å². The van der Waals surface area contributed by atoms with E-state index in [1.54, 1.807) is 0 Å². The molecule has 25 heavy (non-hydrogen) atoms. The minimum atomic E-state index is -0.371. The Kier molecular flexibility index (Phi) is 5.04. The summed E-state index contributed by atoms with van der Waals surface area (Å²) >= 11 is 3.40. The monoisotopic (exact) mass is 399 g/mol. The van der Waals surface area contributed by atoms with Crippen LogP contribution in [0.4, 0.5) is 5.69 Å². The molecule has 3 rings (SSSR count). The molecule has 1 aromatic heterocycles. The molecule has 0 spiro atoms. The zero-order valence-electron chi connectivity index (χ0n) is 14.1. The number of amides is 1. The Morgan fingerprint density at radius 1 is 1.16 bits per heavy atom. The first kappa shape index (κ1) is 17.4. The molecule has 128 valence electrons. The van der Waals surface area contributed by atoms with Crippen molar-refractivity contribution in [2.24, 2.45) is 0 Å². The molecule has 4 nitrogen and oxygen atoms in total. The Morgan fingerprint density at radius 2 is 1.92 bits per heavy atom. The summed E-state index contributed by atoms with van der Waals surface area (Å²) < 4.78 is 6.25. The summed E-state index contributed by atoms with van der Waals surface area (Å²) in [7, 11) is 0. The molecule has 5 heteroatoms. The lowest BCUT2D eigenvalue weighted by Crippen LogP contribution is -2.16. The van der Waals surface area contributed by atoms with Gasteiger partial charge in [-0.2, -0.15) is 0 Å². The van der Waals surface area contributed by atoms with Crippen molar-refractivity contribution in [3.63, 3.8) is 0 Å². The van der Waals surface area contributed by atoms with Crippen molar-refractivity contribution in [3.05, 3.63) is 74.0 Å². The van der Waals surface area contributed by atoms with Gasteiger partial charge in [0.25, 0.3) is 0 Å². The number of fused-ring (bicyclic) bond motifs is 1. The number of hydrogen-bond donors (Lipinski definition) is 1. The number of para-hydroxylation sites is 1. The Morgan fingerprint density at radius 3 is 2.68 bits per heavy atom. The lowest BCUT2D eigenvalue weighted by atomic mass is 10.0. The van der Waals surface area contributed by atoms with Crippen LogP contribution in [0.25, 0.3) is 11.0 Å². The molecule has 1 N–H and O–H groups in total. The molecule has 0 saturated carbocycles. The van der Waals surface area contributed by atoms with Crippen molar-refractivity contribution in [3.8, 4) is 0 Å². The summed E-state index contributed by atoms with van der Waals surface area (Å²) in [5.74, 6) is -0.144. The van der Waals surface area contributed by atoms with Gasteiger partial charge in [-0.1, -0.05) is 24.3 Å². The average Bonchev–Trinajstić information content (AvgIpc) is 2.56. The third kappa shape index (κ3) is 3.82. The Balaban J connectivity index is 1.79. The Hall–Kier alpha value is -2.40. The van der Waals surface area contributed by atoms with Crippen molar-refractivity contribution < 1.29 is 9.21 Å². The van der Waals surface area contributed by atoms with E-state index in [1.807, 2.05) is 56.3 Å². The molecular formula is C20H18BrNO3. The highest BCUT2D eigenvalue weighted by Crippen LogP contribution is 2.23. The molecule has 0 radical (unpaired) electrons. The maximum absolute atomic E-state index is 12.3. The van der Waals surface area contributed by atoms with Crippen LogP contribution >= 0.6 is 15.9 Å². The van der Waals surface area contributed by atoms with E-state index >= 15 is 0 Å². The van der Waals surface area contributed by atoms with Crippen LogP contribution in [0, 0.1) is 13.8 Å². The van der Waals surface area contributed by atoms with E-state index in [4.69, 9.17) is 4.42 Å². The standard InChI is InChI=1S/C20H18BrNO3/c1-12-7-8-14-13(2)15(20(24)25-18(14)11-12)9-10-19(23)22-17-6-4-3-5-16(17)21/h3-8,11H,9-10H2,1-2H3,(H,22,23). The van der Waals surface area contributed by atoms with Crippen LogP contribution in [0.3, 0.4) is 0 Å². The van der Waals surface area contributed by atoms with E-state index < -0.39 is 0 Å². The zero-order chi connectivity index (χ0) is 18.0. The van der Waals surface area contributed by atoms with Gasteiger partial charge in [0.2, 0.25) is 5.91 Å². The second-order valence-corrected chi connectivity index (χ2v) is 6.88. The van der Waals surface area contributed by atoms with Gasteiger partial charge in [0.05, 0.1) is 5.69 Å². The molecule has 0 aliphatic heterocycles. The van der Waals surface area contributed by atoms with Crippen LogP contribution in [0.15, 0.2) is 56.1 Å². The summed E-state index contributed by atoms with van der Waals surface area (Å²) in [6.45, 7) is 3.85. The van der Waals surface area contributed by atoms with Gasteiger partial charge in [-0.05, 0) is 65.5 Å². The normalized spacial score (nSPS) is 10.8. The summed E-state index contributed by atoms with van der Waals surface area (Å²) in [5.41, 5.74) is 3.40. The summed E-state index contributed by atoms with van der Waals surface area (Å²) in [4.78, 5) is 24.5. The maximum atomic E-state index is 12.3. The third-order valence-electron chi connectivity index (χ3n) is 4.19. The molecule has 1 heterocycles. The molecule has 0 fully saturated rings. The molecule has 1 amide bonds. The molecule has 0 aliphatic rings.